The number of methoxy groups -OCH3 is 1. The van der Waals surface area contributed by atoms with E-state index in [1.54, 1.807) is 18.2 Å². The minimum absolute atomic E-state index is 0.116. The van der Waals surface area contributed by atoms with Crippen molar-refractivity contribution in [1.82, 2.24) is 5.32 Å². The van der Waals surface area contributed by atoms with Crippen LogP contribution in [-0.2, 0) is 11.3 Å². The lowest BCUT2D eigenvalue weighted by Gasteiger charge is -2.14. The molecule has 7 heteroatoms. The molecule has 0 unspecified atom stereocenters. The van der Waals surface area contributed by atoms with E-state index in [1.807, 2.05) is 38.1 Å². The van der Waals surface area contributed by atoms with E-state index in [-0.39, 0.29) is 6.10 Å². The van der Waals surface area contributed by atoms with Gasteiger partial charge in [0.15, 0.2) is 5.11 Å². The highest BCUT2D eigenvalue weighted by Gasteiger charge is 2.10. The standard InChI is InChI=1S/C19H21ClN2O3S/c1-12(2)25-15-6-4-5-13(9-15)11-21-19(26)22-17-10-14(18(23)24-3)7-8-16(17)20/h4-10,12H,11H2,1-3H3,(H2,21,22,26). The molecule has 5 nitrogen and oxygen atoms in total. The van der Waals surface area contributed by atoms with Crippen molar-refractivity contribution < 1.29 is 14.3 Å². The van der Waals surface area contributed by atoms with Crippen molar-refractivity contribution in [1.29, 1.82) is 0 Å². The number of hydrogen-bond donors (Lipinski definition) is 2. The van der Waals surface area contributed by atoms with Crippen molar-refractivity contribution in [3.63, 3.8) is 0 Å². The van der Waals surface area contributed by atoms with Gasteiger partial charge >= 0.3 is 5.97 Å². The Bertz CT molecular complexity index is 796. The first-order valence-corrected chi connectivity index (χ1v) is 8.86. The summed E-state index contributed by atoms with van der Waals surface area (Å²) < 4.78 is 10.4. The maximum absolute atomic E-state index is 11.6. The summed E-state index contributed by atoms with van der Waals surface area (Å²) in [6.07, 6.45) is 0.116. The smallest absolute Gasteiger partial charge is 0.337 e. The summed E-state index contributed by atoms with van der Waals surface area (Å²) in [5.41, 5.74) is 1.95. The molecule has 0 aliphatic heterocycles. The fourth-order valence-electron chi connectivity index (χ4n) is 2.22. The van der Waals surface area contributed by atoms with Crippen LogP contribution >= 0.6 is 23.8 Å². The predicted molar refractivity (Wildman–Crippen MR) is 108 cm³/mol. The predicted octanol–water partition coefficient (Wildman–Crippen LogP) is 4.40. The van der Waals surface area contributed by atoms with Gasteiger partial charge in [-0.15, -0.1) is 0 Å². The van der Waals surface area contributed by atoms with Gasteiger partial charge < -0.3 is 20.1 Å². The number of nitrogens with one attached hydrogen (secondary N) is 2. The maximum atomic E-state index is 11.6. The summed E-state index contributed by atoms with van der Waals surface area (Å²) in [6.45, 7) is 4.49. The van der Waals surface area contributed by atoms with Gasteiger partial charge in [0.1, 0.15) is 5.75 Å². The Labute approximate surface area is 163 Å². The van der Waals surface area contributed by atoms with Crippen LogP contribution in [0.1, 0.15) is 29.8 Å². The van der Waals surface area contributed by atoms with Crippen LogP contribution < -0.4 is 15.4 Å². The van der Waals surface area contributed by atoms with E-state index in [2.05, 4.69) is 10.6 Å². The number of hydrogen-bond acceptors (Lipinski definition) is 4. The summed E-state index contributed by atoms with van der Waals surface area (Å²) in [6, 6.07) is 12.6. The van der Waals surface area contributed by atoms with Crippen LogP contribution in [0.2, 0.25) is 5.02 Å². The molecule has 0 spiro atoms. The van der Waals surface area contributed by atoms with E-state index >= 15 is 0 Å². The number of ether oxygens (including phenoxy) is 2. The van der Waals surface area contributed by atoms with E-state index < -0.39 is 5.97 Å². The highest BCUT2D eigenvalue weighted by molar-refractivity contribution is 7.80. The van der Waals surface area contributed by atoms with Gasteiger partial charge in [0.05, 0.1) is 29.5 Å². The van der Waals surface area contributed by atoms with Crippen LogP contribution in [0, 0.1) is 0 Å². The van der Waals surface area contributed by atoms with E-state index in [0.717, 1.165) is 11.3 Å². The van der Waals surface area contributed by atoms with Gasteiger partial charge in [-0.2, -0.15) is 0 Å². The Hall–Kier alpha value is -2.31. The van der Waals surface area contributed by atoms with Crippen LogP contribution in [0.15, 0.2) is 42.5 Å². The first-order valence-electron chi connectivity index (χ1n) is 8.07. The van der Waals surface area contributed by atoms with Crippen LogP contribution in [0.5, 0.6) is 5.75 Å². The van der Waals surface area contributed by atoms with Crippen molar-refractivity contribution in [2.45, 2.75) is 26.5 Å². The molecular formula is C19H21ClN2O3S. The minimum Gasteiger partial charge on any atom is -0.491 e. The number of thiocarbonyl (C=S) groups is 1. The van der Waals surface area contributed by atoms with Gasteiger partial charge in [-0.3, -0.25) is 0 Å². The normalized spacial score (nSPS) is 10.3. The fraction of sp³-hybridized carbons (Fsp3) is 0.263. The molecule has 26 heavy (non-hydrogen) atoms. The van der Waals surface area contributed by atoms with Crippen LogP contribution in [0.3, 0.4) is 0 Å². The van der Waals surface area contributed by atoms with Gasteiger partial charge in [0.25, 0.3) is 0 Å². The Balaban J connectivity index is 1.98. The molecule has 0 atom stereocenters. The zero-order chi connectivity index (χ0) is 19.1. The first-order chi connectivity index (χ1) is 12.4. The largest absolute Gasteiger partial charge is 0.491 e. The summed E-state index contributed by atoms with van der Waals surface area (Å²) >= 11 is 11.5. The Kier molecular flexibility index (Phi) is 7.24. The van der Waals surface area contributed by atoms with E-state index in [0.29, 0.717) is 27.9 Å². The quantitative estimate of drug-likeness (QED) is 0.561. The highest BCUT2D eigenvalue weighted by atomic mass is 35.5. The summed E-state index contributed by atoms with van der Waals surface area (Å²) in [5, 5.41) is 6.95. The van der Waals surface area contributed by atoms with Gasteiger partial charge in [-0.1, -0.05) is 23.7 Å². The van der Waals surface area contributed by atoms with E-state index in [1.165, 1.54) is 7.11 Å². The van der Waals surface area contributed by atoms with Crippen molar-refractivity contribution in [2.75, 3.05) is 12.4 Å². The Morgan fingerprint density at radius 3 is 2.69 bits per heavy atom. The molecule has 0 radical (unpaired) electrons. The maximum Gasteiger partial charge on any atom is 0.337 e. The molecule has 2 aromatic carbocycles. The molecule has 0 saturated carbocycles. The molecule has 0 aromatic heterocycles. The summed E-state index contributed by atoms with van der Waals surface area (Å²) in [5.74, 6) is 0.373. The van der Waals surface area contributed by atoms with Crippen LogP contribution in [0.25, 0.3) is 0 Å². The SMILES string of the molecule is COC(=O)c1ccc(Cl)c(NC(=S)NCc2cccc(OC(C)C)c2)c1. The van der Waals surface area contributed by atoms with Gasteiger partial charge in [0.2, 0.25) is 0 Å². The van der Waals surface area contributed by atoms with E-state index in [4.69, 9.17) is 33.3 Å². The second-order valence-corrected chi connectivity index (χ2v) is 6.62. The molecule has 0 bridgehead atoms. The van der Waals surface area contributed by atoms with Gasteiger partial charge in [-0.05, 0) is 62.0 Å². The lowest BCUT2D eigenvalue weighted by atomic mass is 10.2. The molecule has 2 rings (SSSR count). The van der Waals surface area contributed by atoms with Gasteiger partial charge in [0, 0.05) is 6.54 Å². The van der Waals surface area contributed by atoms with Crippen molar-refractivity contribution in [3.8, 4) is 5.75 Å². The molecule has 138 valence electrons. The van der Waals surface area contributed by atoms with Crippen molar-refractivity contribution >= 4 is 40.6 Å². The third kappa shape index (κ3) is 5.89. The topological polar surface area (TPSA) is 59.6 Å². The molecule has 0 heterocycles. The number of carbonyl (C=O) groups is 1. The number of esters is 1. The monoisotopic (exact) mass is 392 g/mol. The highest BCUT2D eigenvalue weighted by Crippen LogP contribution is 2.23. The lowest BCUT2D eigenvalue weighted by molar-refractivity contribution is 0.0601. The number of anilines is 1. The van der Waals surface area contributed by atoms with Crippen molar-refractivity contribution in [2.24, 2.45) is 0 Å². The molecule has 2 N–H and O–H groups in total. The Morgan fingerprint density at radius 2 is 2.00 bits per heavy atom. The lowest BCUT2D eigenvalue weighted by Crippen LogP contribution is -2.28. The zero-order valence-electron chi connectivity index (χ0n) is 14.8. The first kappa shape index (κ1) is 20.0. The molecule has 2 aromatic rings. The average molecular weight is 393 g/mol. The fourth-order valence-corrected chi connectivity index (χ4v) is 2.56. The molecule has 0 aliphatic rings. The summed E-state index contributed by atoms with van der Waals surface area (Å²) in [4.78, 5) is 11.6. The van der Waals surface area contributed by atoms with Crippen LogP contribution in [0.4, 0.5) is 5.69 Å². The third-order valence-electron chi connectivity index (χ3n) is 3.36. The molecule has 0 saturated heterocycles. The average Bonchev–Trinajstić information content (AvgIpc) is 2.61. The minimum atomic E-state index is -0.439. The molecule has 0 fully saturated rings. The van der Waals surface area contributed by atoms with Crippen LogP contribution in [-0.4, -0.2) is 24.3 Å². The van der Waals surface area contributed by atoms with Gasteiger partial charge in [-0.25, -0.2) is 4.79 Å². The number of carbonyl (C=O) groups excluding carboxylic acids is 1. The zero-order valence-corrected chi connectivity index (χ0v) is 16.4. The second kappa shape index (κ2) is 9.40. The molecule has 0 aliphatic carbocycles. The Morgan fingerprint density at radius 1 is 1.23 bits per heavy atom. The van der Waals surface area contributed by atoms with E-state index in [9.17, 15) is 4.79 Å². The number of benzene rings is 2. The number of halogens is 1. The van der Waals surface area contributed by atoms with Crippen molar-refractivity contribution in [3.05, 3.63) is 58.6 Å². The second-order valence-electron chi connectivity index (χ2n) is 5.81. The summed E-state index contributed by atoms with van der Waals surface area (Å²) in [7, 11) is 1.33. The number of rotatable bonds is 6. The molecule has 0 amide bonds. The third-order valence-corrected chi connectivity index (χ3v) is 3.93. The molecular weight excluding hydrogens is 372 g/mol.